The molecule has 1 amide bonds. The minimum Gasteiger partial charge on any atom is -0.370 e. The van der Waals surface area contributed by atoms with Crippen molar-refractivity contribution in [1.82, 2.24) is 20.0 Å². The quantitative estimate of drug-likeness (QED) is 0.314. The number of nitrogens with one attached hydrogen (secondary N) is 1. The maximum Gasteiger partial charge on any atom is 0.223 e. The number of nitrogens with two attached hydrogens (primary N) is 1. The third kappa shape index (κ3) is 4.24. The molecule has 1 aromatic heterocycles. The molecular weight excluding hydrogens is 407 g/mol. The first-order chi connectivity index (χ1) is 10.5. The van der Waals surface area contributed by atoms with Crippen LogP contribution in [-0.4, -0.2) is 46.7 Å². The van der Waals surface area contributed by atoms with Crippen molar-refractivity contribution in [2.75, 3.05) is 20.1 Å². The highest BCUT2D eigenvalue weighted by atomic mass is 127. The van der Waals surface area contributed by atoms with Gasteiger partial charge in [-0.3, -0.25) is 14.5 Å². The van der Waals surface area contributed by atoms with Crippen LogP contribution in [0.3, 0.4) is 0 Å². The highest BCUT2D eigenvalue weighted by molar-refractivity contribution is 14.0. The molecule has 2 heterocycles. The van der Waals surface area contributed by atoms with E-state index in [0.29, 0.717) is 25.5 Å². The van der Waals surface area contributed by atoms with Crippen LogP contribution in [0.5, 0.6) is 0 Å². The van der Waals surface area contributed by atoms with E-state index in [4.69, 9.17) is 5.73 Å². The molecular formula is C15H25IN6O. The first-order valence-electron chi connectivity index (χ1n) is 7.34. The number of aromatic nitrogens is 2. The predicted molar refractivity (Wildman–Crippen MR) is 102 cm³/mol. The molecule has 128 valence electrons. The summed E-state index contributed by atoms with van der Waals surface area (Å²) in [6.45, 7) is 6.71. The molecule has 1 saturated heterocycles. The summed E-state index contributed by atoms with van der Waals surface area (Å²) >= 11 is 0. The molecule has 3 N–H and O–H groups in total. The van der Waals surface area contributed by atoms with E-state index in [9.17, 15) is 4.79 Å². The Balaban J connectivity index is 0.00000264. The van der Waals surface area contributed by atoms with Gasteiger partial charge in [0.2, 0.25) is 5.91 Å². The number of aryl methyl sites for hydroxylation is 1. The zero-order chi connectivity index (χ0) is 16.3. The second kappa shape index (κ2) is 8.32. The van der Waals surface area contributed by atoms with E-state index >= 15 is 0 Å². The summed E-state index contributed by atoms with van der Waals surface area (Å²) in [7, 11) is 3.74. The molecule has 0 aliphatic carbocycles. The summed E-state index contributed by atoms with van der Waals surface area (Å²) < 4.78 is 1.83. The lowest BCUT2D eigenvalue weighted by Crippen LogP contribution is -2.32. The number of hydrogen-bond donors (Lipinski definition) is 2. The molecule has 2 rings (SSSR count). The molecule has 8 heteroatoms. The molecule has 7 nitrogen and oxygen atoms in total. The number of halogens is 1. The number of aliphatic imine (C=N–C) groups is 1. The Kier molecular flexibility index (Phi) is 7.04. The van der Waals surface area contributed by atoms with E-state index in [1.807, 2.05) is 31.9 Å². The first kappa shape index (κ1) is 19.5. The average Bonchev–Trinajstić information content (AvgIpc) is 2.96. The van der Waals surface area contributed by atoms with Gasteiger partial charge in [-0.25, -0.2) is 0 Å². The summed E-state index contributed by atoms with van der Waals surface area (Å²) in [6, 6.07) is -0.00263. The Labute approximate surface area is 154 Å². The Morgan fingerprint density at radius 2 is 2.30 bits per heavy atom. The standard InChI is InChI=1S/C15H24N6O.HI/c1-5-6-17-15(16)18-8-11-7-13(22)20(3)14(11)12-9-19-21(4)10(12)2;/h5,9,11,14H,1,6-8H2,2-4H3,(H3,16,17,18);1H/t11-,14+;/m0./s1. The van der Waals surface area contributed by atoms with Gasteiger partial charge in [0.1, 0.15) is 0 Å². The van der Waals surface area contributed by atoms with Gasteiger partial charge in [0.05, 0.1) is 12.2 Å². The van der Waals surface area contributed by atoms with Gasteiger partial charge in [0.15, 0.2) is 5.96 Å². The van der Waals surface area contributed by atoms with Gasteiger partial charge < -0.3 is 16.0 Å². The largest absolute Gasteiger partial charge is 0.370 e. The highest BCUT2D eigenvalue weighted by Crippen LogP contribution is 2.38. The molecule has 0 bridgehead atoms. The first-order valence-corrected chi connectivity index (χ1v) is 7.34. The Hall–Kier alpha value is -1.58. The zero-order valence-electron chi connectivity index (χ0n) is 13.8. The number of guanidine groups is 1. The van der Waals surface area contributed by atoms with Crippen molar-refractivity contribution in [1.29, 1.82) is 0 Å². The van der Waals surface area contributed by atoms with Gasteiger partial charge in [-0.05, 0) is 6.92 Å². The summed E-state index contributed by atoms with van der Waals surface area (Å²) in [5.74, 6) is 0.610. The van der Waals surface area contributed by atoms with Crippen LogP contribution in [0.2, 0.25) is 0 Å². The molecule has 23 heavy (non-hydrogen) atoms. The summed E-state index contributed by atoms with van der Waals surface area (Å²) in [5, 5.41) is 7.23. The Morgan fingerprint density at radius 3 is 2.87 bits per heavy atom. The maximum absolute atomic E-state index is 12.1. The van der Waals surface area contributed by atoms with Gasteiger partial charge >= 0.3 is 0 Å². The van der Waals surface area contributed by atoms with E-state index in [1.54, 1.807) is 11.0 Å². The fourth-order valence-corrected chi connectivity index (χ4v) is 2.83. The van der Waals surface area contributed by atoms with Gasteiger partial charge in [0, 0.05) is 50.8 Å². The van der Waals surface area contributed by atoms with Crippen molar-refractivity contribution in [3.05, 3.63) is 30.1 Å². The van der Waals surface area contributed by atoms with Crippen molar-refractivity contribution in [3.63, 3.8) is 0 Å². The maximum atomic E-state index is 12.1. The van der Waals surface area contributed by atoms with Crippen LogP contribution in [0.1, 0.15) is 23.7 Å². The third-order valence-electron chi connectivity index (χ3n) is 4.21. The molecule has 0 spiro atoms. The molecule has 1 aliphatic rings. The number of nitrogens with zero attached hydrogens (tertiary/aromatic N) is 4. The monoisotopic (exact) mass is 432 g/mol. The van der Waals surface area contributed by atoms with Gasteiger partial charge in [0.25, 0.3) is 0 Å². The van der Waals surface area contributed by atoms with E-state index in [0.717, 1.165) is 11.3 Å². The summed E-state index contributed by atoms with van der Waals surface area (Å²) in [5.41, 5.74) is 7.95. The van der Waals surface area contributed by atoms with Crippen molar-refractivity contribution < 1.29 is 4.79 Å². The second-order valence-electron chi connectivity index (χ2n) is 5.62. The topological polar surface area (TPSA) is 88.5 Å². The minimum atomic E-state index is -0.00263. The number of likely N-dealkylation sites (tertiary alicyclic amines) is 1. The molecule has 1 aliphatic heterocycles. The molecule has 0 radical (unpaired) electrons. The number of hydrogen-bond acceptors (Lipinski definition) is 3. The normalized spacial score (nSPS) is 21.3. The van der Waals surface area contributed by atoms with Crippen LogP contribution in [0, 0.1) is 12.8 Å². The predicted octanol–water partition coefficient (Wildman–Crippen LogP) is 0.956. The molecule has 1 aromatic rings. The van der Waals surface area contributed by atoms with Crippen LogP contribution in [0.15, 0.2) is 23.8 Å². The van der Waals surface area contributed by atoms with E-state index in [1.165, 1.54) is 0 Å². The number of amides is 1. The second-order valence-corrected chi connectivity index (χ2v) is 5.62. The average molecular weight is 432 g/mol. The zero-order valence-corrected chi connectivity index (χ0v) is 16.2. The lowest BCUT2D eigenvalue weighted by molar-refractivity contribution is -0.127. The lowest BCUT2D eigenvalue weighted by atomic mass is 9.94. The SMILES string of the molecule is C=CCNC(N)=NC[C@@H]1CC(=O)N(C)[C@H]1c1cnn(C)c1C.I. The molecule has 1 fully saturated rings. The van der Waals surface area contributed by atoms with Crippen LogP contribution in [0.25, 0.3) is 0 Å². The third-order valence-corrected chi connectivity index (χ3v) is 4.21. The number of carbonyl (C=O) groups excluding carboxylic acids is 1. The summed E-state index contributed by atoms with van der Waals surface area (Å²) in [6.07, 6.45) is 4.04. The van der Waals surface area contributed by atoms with E-state index in [2.05, 4.69) is 22.0 Å². The molecule has 0 unspecified atom stereocenters. The molecule has 0 saturated carbocycles. The van der Waals surface area contributed by atoms with Gasteiger partial charge in [-0.1, -0.05) is 6.08 Å². The van der Waals surface area contributed by atoms with Crippen molar-refractivity contribution in [2.24, 2.45) is 23.7 Å². The van der Waals surface area contributed by atoms with Gasteiger partial charge in [-0.2, -0.15) is 5.10 Å². The van der Waals surface area contributed by atoms with Crippen LogP contribution >= 0.6 is 24.0 Å². The fraction of sp³-hybridized carbons (Fsp3) is 0.533. The van der Waals surface area contributed by atoms with Crippen molar-refractivity contribution >= 4 is 35.8 Å². The fourth-order valence-electron chi connectivity index (χ4n) is 2.83. The van der Waals surface area contributed by atoms with Crippen LogP contribution in [0.4, 0.5) is 0 Å². The highest BCUT2D eigenvalue weighted by Gasteiger charge is 2.39. The number of rotatable bonds is 5. The van der Waals surface area contributed by atoms with Crippen LogP contribution in [-0.2, 0) is 11.8 Å². The molecule has 0 aromatic carbocycles. The Bertz CT molecular complexity index is 597. The van der Waals surface area contributed by atoms with E-state index in [-0.39, 0.29) is 41.8 Å². The van der Waals surface area contributed by atoms with Crippen LogP contribution < -0.4 is 11.1 Å². The minimum absolute atomic E-state index is 0. The number of carbonyl (C=O) groups is 1. The van der Waals surface area contributed by atoms with Crippen molar-refractivity contribution in [3.8, 4) is 0 Å². The van der Waals surface area contributed by atoms with Crippen molar-refractivity contribution in [2.45, 2.75) is 19.4 Å². The lowest BCUT2D eigenvalue weighted by Gasteiger charge is -2.24. The Morgan fingerprint density at radius 1 is 1.61 bits per heavy atom. The smallest absolute Gasteiger partial charge is 0.223 e. The van der Waals surface area contributed by atoms with E-state index < -0.39 is 0 Å². The molecule has 2 atom stereocenters. The summed E-state index contributed by atoms with van der Waals surface area (Å²) in [4.78, 5) is 18.2. The van der Waals surface area contributed by atoms with Gasteiger partial charge in [-0.15, -0.1) is 30.6 Å².